The van der Waals surface area contributed by atoms with Crippen molar-refractivity contribution >= 4 is 5.91 Å². The first-order chi connectivity index (χ1) is 8.08. The van der Waals surface area contributed by atoms with E-state index >= 15 is 0 Å². The number of nitrogens with zero attached hydrogens (tertiary/aromatic N) is 1. The Hall–Kier alpha value is -2.16. The standard InChI is InChI=1S/C14H14N2O/c1-9-7-10(2)16-13(8-9)11-5-3-4-6-12(11)14(15)17/h3-8H,1-2H3,(H2,15,17). The lowest BCUT2D eigenvalue weighted by atomic mass is 10.0. The quantitative estimate of drug-likeness (QED) is 0.855. The third-order valence-corrected chi connectivity index (χ3v) is 2.57. The number of pyridine rings is 1. The van der Waals surface area contributed by atoms with Crippen LogP contribution in [-0.4, -0.2) is 10.9 Å². The van der Waals surface area contributed by atoms with Crippen LogP contribution < -0.4 is 5.73 Å². The van der Waals surface area contributed by atoms with Gasteiger partial charge in [-0.15, -0.1) is 0 Å². The number of hydrogen-bond donors (Lipinski definition) is 1. The van der Waals surface area contributed by atoms with Crippen molar-refractivity contribution in [1.82, 2.24) is 4.98 Å². The molecule has 0 aliphatic rings. The molecule has 2 rings (SSSR count). The molecule has 1 amide bonds. The van der Waals surface area contributed by atoms with Gasteiger partial charge in [-0.3, -0.25) is 9.78 Å². The molecule has 0 saturated heterocycles. The number of benzene rings is 1. The van der Waals surface area contributed by atoms with Crippen molar-refractivity contribution in [3.05, 3.63) is 53.2 Å². The first-order valence-corrected chi connectivity index (χ1v) is 5.42. The fraction of sp³-hybridized carbons (Fsp3) is 0.143. The molecular formula is C14H14N2O. The monoisotopic (exact) mass is 226 g/mol. The average Bonchev–Trinajstić information content (AvgIpc) is 2.27. The van der Waals surface area contributed by atoms with Crippen molar-refractivity contribution in [3.8, 4) is 11.3 Å². The fourth-order valence-electron chi connectivity index (χ4n) is 1.90. The van der Waals surface area contributed by atoms with Crippen LogP contribution in [0.1, 0.15) is 21.6 Å². The van der Waals surface area contributed by atoms with Gasteiger partial charge in [-0.1, -0.05) is 18.2 Å². The van der Waals surface area contributed by atoms with Crippen molar-refractivity contribution in [3.63, 3.8) is 0 Å². The molecule has 0 saturated carbocycles. The Morgan fingerprint density at radius 1 is 1.18 bits per heavy atom. The maximum absolute atomic E-state index is 11.4. The lowest BCUT2D eigenvalue weighted by Crippen LogP contribution is -2.12. The number of carbonyl (C=O) groups is 1. The molecule has 17 heavy (non-hydrogen) atoms. The number of rotatable bonds is 2. The topological polar surface area (TPSA) is 56.0 Å². The Labute approximate surface area is 100 Å². The Bertz CT molecular complexity index is 556. The van der Waals surface area contributed by atoms with Crippen LogP contribution in [0.2, 0.25) is 0 Å². The lowest BCUT2D eigenvalue weighted by Gasteiger charge is -2.07. The van der Waals surface area contributed by atoms with Gasteiger partial charge in [0.1, 0.15) is 0 Å². The molecule has 1 aromatic carbocycles. The summed E-state index contributed by atoms with van der Waals surface area (Å²) >= 11 is 0. The van der Waals surface area contributed by atoms with Crippen LogP contribution in [-0.2, 0) is 0 Å². The fourth-order valence-corrected chi connectivity index (χ4v) is 1.90. The van der Waals surface area contributed by atoms with Gasteiger partial charge < -0.3 is 5.73 Å². The van der Waals surface area contributed by atoms with Crippen LogP contribution in [0.3, 0.4) is 0 Å². The van der Waals surface area contributed by atoms with Gasteiger partial charge in [0.2, 0.25) is 5.91 Å². The van der Waals surface area contributed by atoms with E-state index < -0.39 is 5.91 Å². The molecule has 0 unspecified atom stereocenters. The smallest absolute Gasteiger partial charge is 0.249 e. The van der Waals surface area contributed by atoms with Crippen molar-refractivity contribution in [2.24, 2.45) is 5.73 Å². The first kappa shape index (κ1) is 11.3. The van der Waals surface area contributed by atoms with Crippen molar-refractivity contribution in [1.29, 1.82) is 0 Å². The van der Waals surface area contributed by atoms with E-state index in [1.165, 1.54) is 0 Å². The zero-order chi connectivity index (χ0) is 12.4. The Morgan fingerprint density at radius 3 is 2.53 bits per heavy atom. The van der Waals surface area contributed by atoms with Crippen LogP contribution in [0.4, 0.5) is 0 Å². The summed E-state index contributed by atoms with van der Waals surface area (Å²) in [5.41, 5.74) is 9.49. The molecule has 0 fully saturated rings. The van der Waals surface area contributed by atoms with Crippen LogP contribution in [0, 0.1) is 13.8 Å². The van der Waals surface area contributed by atoms with Gasteiger partial charge in [0.05, 0.1) is 5.69 Å². The normalized spacial score (nSPS) is 10.2. The van der Waals surface area contributed by atoms with Gasteiger partial charge in [-0.25, -0.2) is 0 Å². The van der Waals surface area contributed by atoms with E-state index in [0.717, 1.165) is 22.5 Å². The van der Waals surface area contributed by atoms with Crippen LogP contribution >= 0.6 is 0 Å². The molecule has 2 aromatic rings. The highest BCUT2D eigenvalue weighted by Crippen LogP contribution is 2.22. The highest BCUT2D eigenvalue weighted by molar-refractivity contribution is 5.99. The highest BCUT2D eigenvalue weighted by atomic mass is 16.1. The van der Waals surface area contributed by atoms with E-state index in [4.69, 9.17) is 5.73 Å². The van der Waals surface area contributed by atoms with E-state index in [9.17, 15) is 4.79 Å². The number of nitrogens with two attached hydrogens (primary N) is 1. The van der Waals surface area contributed by atoms with E-state index in [-0.39, 0.29) is 0 Å². The van der Waals surface area contributed by atoms with E-state index in [0.29, 0.717) is 5.56 Å². The molecule has 3 nitrogen and oxygen atoms in total. The van der Waals surface area contributed by atoms with E-state index in [1.807, 2.05) is 38.1 Å². The Balaban J connectivity index is 2.64. The average molecular weight is 226 g/mol. The lowest BCUT2D eigenvalue weighted by molar-refractivity contribution is 0.100. The summed E-state index contributed by atoms with van der Waals surface area (Å²) in [5, 5.41) is 0. The highest BCUT2D eigenvalue weighted by Gasteiger charge is 2.10. The third kappa shape index (κ3) is 2.33. The minimum atomic E-state index is -0.429. The molecule has 1 aromatic heterocycles. The largest absolute Gasteiger partial charge is 0.366 e. The second-order valence-electron chi connectivity index (χ2n) is 4.08. The molecule has 0 radical (unpaired) electrons. The predicted molar refractivity (Wildman–Crippen MR) is 67.7 cm³/mol. The van der Waals surface area contributed by atoms with Crippen molar-refractivity contribution in [2.45, 2.75) is 13.8 Å². The minimum absolute atomic E-state index is 0.429. The van der Waals surface area contributed by atoms with Crippen molar-refractivity contribution < 1.29 is 4.79 Å². The van der Waals surface area contributed by atoms with Gasteiger partial charge in [-0.2, -0.15) is 0 Å². The molecule has 2 N–H and O–H groups in total. The molecular weight excluding hydrogens is 212 g/mol. The molecule has 86 valence electrons. The van der Waals surface area contributed by atoms with E-state index in [1.54, 1.807) is 12.1 Å². The zero-order valence-electron chi connectivity index (χ0n) is 9.90. The molecule has 0 spiro atoms. The summed E-state index contributed by atoms with van der Waals surface area (Å²) in [6, 6.07) is 11.2. The van der Waals surface area contributed by atoms with Crippen LogP contribution in [0.15, 0.2) is 36.4 Å². The number of hydrogen-bond acceptors (Lipinski definition) is 2. The van der Waals surface area contributed by atoms with Crippen molar-refractivity contribution in [2.75, 3.05) is 0 Å². The first-order valence-electron chi connectivity index (χ1n) is 5.42. The van der Waals surface area contributed by atoms with Gasteiger partial charge in [0.15, 0.2) is 0 Å². The maximum atomic E-state index is 11.4. The summed E-state index contributed by atoms with van der Waals surface area (Å²) in [6.45, 7) is 3.94. The predicted octanol–water partition coefficient (Wildman–Crippen LogP) is 2.46. The zero-order valence-corrected chi connectivity index (χ0v) is 9.90. The summed E-state index contributed by atoms with van der Waals surface area (Å²) in [5.74, 6) is -0.429. The second-order valence-corrected chi connectivity index (χ2v) is 4.08. The number of aromatic nitrogens is 1. The van der Waals surface area contributed by atoms with E-state index in [2.05, 4.69) is 4.98 Å². The molecule has 1 heterocycles. The summed E-state index contributed by atoms with van der Waals surface area (Å²) in [4.78, 5) is 15.8. The summed E-state index contributed by atoms with van der Waals surface area (Å²) in [6.07, 6.45) is 0. The minimum Gasteiger partial charge on any atom is -0.366 e. The number of aryl methyl sites for hydroxylation is 2. The van der Waals surface area contributed by atoms with Crippen LogP contribution in [0.25, 0.3) is 11.3 Å². The molecule has 3 heteroatoms. The summed E-state index contributed by atoms with van der Waals surface area (Å²) < 4.78 is 0. The van der Waals surface area contributed by atoms with Gasteiger partial charge in [0, 0.05) is 16.8 Å². The van der Waals surface area contributed by atoms with Gasteiger partial charge in [0.25, 0.3) is 0 Å². The number of primary amides is 1. The number of amides is 1. The molecule has 0 bridgehead atoms. The van der Waals surface area contributed by atoms with Gasteiger partial charge in [-0.05, 0) is 37.6 Å². The SMILES string of the molecule is Cc1cc(C)nc(-c2ccccc2C(N)=O)c1. The second kappa shape index (κ2) is 4.37. The van der Waals surface area contributed by atoms with Crippen LogP contribution in [0.5, 0.6) is 0 Å². The maximum Gasteiger partial charge on any atom is 0.249 e. The summed E-state index contributed by atoms with van der Waals surface area (Å²) in [7, 11) is 0. The molecule has 0 atom stereocenters. The Morgan fingerprint density at radius 2 is 1.88 bits per heavy atom. The molecule has 0 aliphatic carbocycles. The molecule has 0 aliphatic heterocycles. The van der Waals surface area contributed by atoms with Gasteiger partial charge >= 0.3 is 0 Å². The Kier molecular flexibility index (Phi) is 2.91. The number of carbonyl (C=O) groups excluding carboxylic acids is 1. The third-order valence-electron chi connectivity index (χ3n) is 2.57.